The van der Waals surface area contributed by atoms with Crippen molar-refractivity contribution in [1.82, 2.24) is 14.3 Å². The zero-order valence-corrected chi connectivity index (χ0v) is 11.2. The van der Waals surface area contributed by atoms with Crippen LogP contribution in [0.4, 0.5) is 0 Å². The molecule has 0 aliphatic rings. The normalized spacial score (nSPS) is 12.0. The summed E-state index contributed by atoms with van der Waals surface area (Å²) in [7, 11) is 0. The van der Waals surface area contributed by atoms with Crippen molar-refractivity contribution in [2.24, 2.45) is 10.9 Å². The lowest BCUT2D eigenvalue weighted by Crippen LogP contribution is -2.19. The lowest BCUT2D eigenvalue weighted by atomic mass is 10.3. The molecule has 0 radical (unpaired) electrons. The highest BCUT2D eigenvalue weighted by Crippen LogP contribution is 2.10. The maximum atomic E-state index is 8.77. The molecule has 6 nitrogen and oxygen atoms in total. The second-order valence-corrected chi connectivity index (χ2v) is 4.30. The largest absolute Gasteiger partial charge is 0.409 e. The summed E-state index contributed by atoms with van der Waals surface area (Å²) in [5.74, 6) is 0.114. The number of oxime groups is 1. The van der Waals surface area contributed by atoms with Crippen molar-refractivity contribution in [3.63, 3.8) is 0 Å². The monoisotopic (exact) mass is 261 g/mol. The summed E-state index contributed by atoms with van der Waals surface area (Å²) in [4.78, 5) is 0. The van der Waals surface area contributed by atoms with Crippen molar-refractivity contribution in [3.05, 3.63) is 41.5 Å². The van der Waals surface area contributed by atoms with Crippen LogP contribution in [0.15, 0.2) is 29.6 Å². The summed E-state index contributed by atoms with van der Waals surface area (Å²) in [6.45, 7) is 5.63. The number of amidine groups is 1. The van der Waals surface area contributed by atoms with Crippen molar-refractivity contribution in [1.29, 1.82) is 0 Å². The fraction of sp³-hybridized carbons (Fsp3) is 0.385. The molecule has 2 aromatic rings. The Bertz CT molecular complexity index is 582. The molecule has 0 fully saturated rings. The summed E-state index contributed by atoms with van der Waals surface area (Å²) in [5.41, 5.74) is 8.54. The molecule has 6 heteroatoms. The molecule has 0 spiro atoms. The average Bonchev–Trinajstić information content (AvgIpc) is 3.04. The first-order chi connectivity index (χ1) is 9.19. The van der Waals surface area contributed by atoms with E-state index in [0.717, 1.165) is 24.4 Å². The maximum Gasteiger partial charge on any atom is 0.186 e. The van der Waals surface area contributed by atoms with E-state index in [9.17, 15) is 0 Å². The number of aromatic nitrogens is 3. The van der Waals surface area contributed by atoms with E-state index in [0.29, 0.717) is 12.2 Å². The van der Waals surface area contributed by atoms with E-state index in [1.54, 1.807) is 0 Å². The molecule has 2 aromatic heterocycles. The summed E-state index contributed by atoms with van der Waals surface area (Å²) in [6, 6.07) is 5.79. The van der Waals surface area contributed by atoms with E-state index in [4.69, 9.17) is 10.9 Å². The van der Waals surface area contributed by atoms with Crippen LogP contribution in [-0.4, -0.2) is 25.4 Å². The van der Waals surface area contributed by atoms with Gasteiger partial charge in [0.1, 0.15) is 0 Å². The molecule has 0 unspecified atom stereocenters. The van der Waals surface area contributed by atoms with E-state index in [1.807, 2.05) is 27.6 Å². The van der Waals surface area contributed by atoms with Crippen molar-refractivity contribution in [2.45, 2.75) is 33.4 Å². The van der Waals surface area contributed by atoms with E-state index < -0.39 is 0 Å². The third kappa shape index (κ3) is 2.62. The highest BCUT2D eigenvalue weighted by atomic mass is 16.4. The molecule has 0 saturated carbocycles. The minimum absolute atomic E-state index is 0.114. The van der Waals surface area contributed by atoms with Crippen LogP contribution in [0.25, 0.3) is 0 Å². The van der Waals surface area contributed by atoms with E-state index in [2.05, 4.69) is 30.2 Å². The number of hydrogen-bond donors (Lipinski definition) is 2. The smallest absolute Gasteiger partial charge is 0.186 e. The summed E-state index contributed by atoms with van der Waals surface area (Å²) < 4.78 is 3.92. The van der Waals surface area contributed by atoms with E-state index in [-0.39, 0.29) is 5.84 Å². The number of hydrogen-bond acceptors (Lipinski definition) is 3. The number of nitrogens with zero attached hydrogens (tertiary/aromatic N) is 4. The van der Waals surface area contributed by atoms with Gasteiger partial charge in [-0.25, -0.2) is 0 Å². The first-order valence-electron chi connectivity index (χ1n) is 6.38. The van der Waals surface area contributed by atoms with Crippen LogP contribution in [0.2, 0.25) is 0 Å². The lowest BCUT2D eigenvalue weighted by Gasteiger charge is -2.09. The summed E-state index contributed by atoms with van der Waals surface area (Å²) in [5, 5.41) is 16.3. The van der Waals surface area contributed by atoms with Gasteiger partial charge in [0, 0.05) is 12.7 Å². The SMILES string of the molecule is CCc1cc(Cn2cccc2/C(N)=N/O)n(CC)n1. The van der Waals surface area contributed by atoms with Crippen LogP contribution in [0.5, 0.6) is 0 Å². The number of nitrogens with two attached hydrogens (primary N) is 1. The first kappa shape index (κ1) is 13.2. The van der Waals surface area contributed by atoms with Gasteiger partial charge in [-0.1, -0.05) is 12.1 Å². The predicted molar refractivity (Wildman–Crippen MR) is 73.3 cm³/mol. The molecule has 0 aliphatic heterocycles. The minimum atomic E-state index is 0.114. The molecular formula is C13H19N5O. The Balaban J connectivity index is 2.31. The molecule has 2 rings (SSSR count). The number of rotatable bonds is 5. The van der Waals surface area contributed by atoms with Crippen LogP contribution in [0.1, 0.15) is 30.9 Å². The second kappa shape index (κ2) is 5.60. The van der Waals surface area contributed by atoms with Crippen LogP contribution in [-0.2, 0) is 19.5 Å². The fourth-order valence-corrected chi connectivity index (χ4v) is 2.10. The minimum Gasteiger partial charge on any atom is -0.409 e. The van der Waals surface area contributed by atoms with Gasteiger partial charge in [0.2, 0.25) is 0 Å². The molecule has 0 bridgehead atoms. The third-order valence-electron chi connectivity index (χ3n) is 3.11. The third-order valence-corrected chi connectivity index (χ3v) is 3.11. The standard InChI is InChI=1S/C13H19N5O/c1-3-10-8-11(18(4-2)15-10)9-17-7-5-6-12(17)13(14)16-19/h5-8,19H,3-4,9H2,1-2H3,(H2,14,16). The number of aryl methyl sites for hydroxylation is 2. The highest BCUT2D eigenvalue weighted by Gasteiger charge is 2.10. The summed E-state index contributed by atoms with van der Waals surface area (Å²) >= 11 is 0. The Hall–Kier alpha value is -2.24. The maximum absolute atomic E-state index is 8.77. The molecule has 0 saturated heterocycles. The topological polar surface area (TPSA) is 81.4 Å². The molecule has 0 aromatic carbocycles. The van der Waals surface area contributed by atoms with Crippen molar-refractivity contribution < 1.29 is 5.21 Å². The highest BCUT2D eigenvalue weighted by molar-refractivity contribution is 5.95. The van der Waals surface area contributed by atoms with Gasteiger partial charge in [-0.2, -0.15) is 5.10 Å². The molecule has 0 aliphatic carbocycles. The molecule has 0 amide bonds. The molecule has 19 heavy (non-hydrogen) atoms. The van der Waals surface area contributed by atoms with Crippen LogP contribution in [0.3, 0.4) is 0 Å². The van der Waals surface area contributed by atoms with Gasteiger partial charge in [-0.15, -0.1) is 0 Å². The zero-order valence-electron chi connectivity index (χ0n) is 11.2. The van der Waals surface area contributed by atoms with Crippen LogP contribution < -0.4 is 5.73 Å². The van der Waals surface area contributed by atoms with Gasteiger partial charge < -0.3 is 15.5 Å². The van der Waals surface area contributed by atoms with Gasteiger partial charge >= 0.3 is 0 Å². The molecular weight excluding hydrogens is 242 g/mol. The first-order valence-corrected chi connectivity index (χ1v) is 6.38. The van der Waals surface area contributed by atoms with E-state index in [1.165, 1.54) is 0 Å². The lowest BCUT2D eigenvalue weighted by molar-refractivity contribution is 0.318. The predicted octanol–water partition coefficient (Wildman–Crippen LogP) is 1.41. The Morgan fingerprint density at radius 1 is 1.47 bits per heavy atom. The van der Waals surface area contributed by atoms with Crippen molar-refractivity contribution in [2.75, 3.05) is 0 Å². The quantitative estimate of drug-likeness (QED) is 0.369. The van der Waals surface area contributed by atoms with Crippen molar-refractivity contribution in [3.8, 4) is 0 Å². The van der Waals surface area contributed by atoms with Gasteiger partial charge in [0.05, 0.1) is 23.6 Å². The second-order valence-electron chi connectivity index (χ2n) is 4.30. The Morgan fingerprint density at radius 2 is 2.26 bits per heavy atom. The molecule has 2 heterocycles. The van der Waals surface area contributed by atoms with Crippen molar-refractivity contribution >= 4 is 5.84 Å². The molecule has 0 atom stereocenters. The fourth-order valence-electron chi connectivity index (χ4n) is 2.10. The zero-order chi connectivity index (χ0) is 13.8. The summed E-state index contributed by atoms with van der Waals surface area (Å²) in [6.07, 6.45) is 2.82. The van der Waals surface area contributed by atoms with E-state index >= 15 is 0 Å². The van der Waals surface area contributed by atoms with Gasteiger partial charge in [0.25, 0.3) is 0 Å². The van der Waals surface area contributed by atoms with Crippen LogP contribution >= 0.6 is 0 Å². The van der Waals surface area contributed by atoms with Crippen LogP contribution in [0, 0.1) is 0 Å². The van der Waals surface area contributed by atoms with Gasteiger partial charge in [-0.05, 0) is 31.5 Å². The Labute approximate surface area is 112 Å². The van der Waals surface area contributed by atoms with Gasteiger partial charge in [-0.3, -0.25) is 4.68 Å². The average molecular weight is 261 g/mol. The molecule has 102 valence electrons. The van der Waals surface area contributed by atoms with Gasteiger partial charge in [0.15, 0.2) is 5.84 Å². The Morgan fingerprint density at radius 3 is 2.89 bits per heavy atom. The molecule has 3 N–H and O–H groups in total. The Kier molecular flexibility index (Phi) is 3.89.